The Morgan fingerprint density at radius 3 is 3.05 bits per heavy atom. The normalized spacial score (nSPS) is 21.7. The predicted octanol–water partition coefficient (Wildman–Crippen LogP) is 1.49. The Labute approximate surface area is 114 Å². The molecule has 2 rings (SSSR count). The summed E-state index contributed by atoms with van der Waals surface area (Å²) in [5, 5.41) is 7.00. The van der Waals surface area contributed by atoms with E-state index >= 15 is 0 Å². The predicted molar refractivity (Wildman–Crippen MR) is 74.6 cm³/mol. The highest BCUT2D eigenvalue weighted by molar-refractivity contribution is 5.77. The average Bonchev–Trinajstić information content (AvgIpc) is 2.92. The highest BCUT2D eigenvalue weighted by Crippen LogP contribution is 2.25. The molecule has 0 bridgehead atoms. The van der Waals surface area contributed by atoms with Gasteiger partial charge in [0.2, 0.25) is 5.91 Å². The number of aromatic nitrogens is 2. The molecule has 1 saturated heterocycles. The maximum atomic E-state index is 12.2. The lowest BCUT2D eigenvalue weighted by Gasteiger charge is -2.33. The smallest absolute Gasteiger partial charge is 0.224 e. The number of aromatic amines is 1. The van der Waals surface area contributed by atoms with Gasteiger partial charge in [0.25, 0.3) is 0 Å². The molecule has 1 fully saturated rings. The van der Waals surface area contributed by atoms with Crippen molar-refractivity contribution in [1.82, 2.24) is 15.1 Å². The van der Waals surface area contributed by atoms with Crippen molar-refractivity contribution in [2.24, 2.45) is 11.7 Å². The fourth-order valence-electron chi connectivity index (χ4n) is 2.52. The second-order valence-corrected chi connectivity index (χ2v) is 5.80. The molecule has 0 spiro atoms. The molecule has 1 aromatic rings. The first-order valence-electron chi connectivity index (χ1n) is 7.10. The van der Waals surface area contributed by atoms with E-state index in [1.54, 1.807) is 6.20 Å². The minimum Gasteiger partial charge on any atom is -0.342 e. The third kappa shape index (κ3) is 3.56. The van der Waals surface area contributed by atoms with Crippen molar-refractivity contribution in [3.8, 4) is 0 Å². The van der Waals surface area contributed by atoms with Crippen molar-refractivity contribution in [2.75, 3.05) is 13.1 Å². The van der Waals surface area contributed by atoms with Crippen LogP contribution in [0.3, 0.4) is 0 Å². The molecule has 0 aromatic carbocycles. The van der Waals surface area contributed by atoms with Crippen molar-refractivity contribution >= 4 is 5.91 Å². The van der Waals surface area contributed by atoms with Crippen molar-refractivity contribution in [1.29, 1.82) is 0 Å². The lowest BCUT2D eigenvalue weighted by Crippen LogP contribution is -2.42. The number of nitrogens with one attached hydrogen (secondary N) is 1. The van der Waals surface area contributed by atoms with E-state index in [-0.39, 0.29) is 11.9 Å². The number of amides is 1. The van der Waals surface area contributed by atoms with Crippen LogP contribution >= 0.6 is 0 Å². The minimum absolute atomic E-state index is 0.0416. The molecule has 1 aromatic heterocycles. The van der Waals surface area contributed by atoms with Crippen molar-refractivity contribution in [3.05, 3.63) is 18.0 Å². The quantitative estimate of drug-likeness (QED) is 0.865. The zero-order chi connectivity index (χ0) is 13.8. The Hall–Kier alpha value is -1.36. The number of rotatable bonds is 4. The third-order valence-corrected chi connectivity index (χ3v) is 4.00. The summed E-state index contributed by atoms with van der Waals surface area (Å²) in [6.45, 7) is 5.75. The molecule has 2 heterocycles. The monoisotopic (exact) mass is 264 g/mol. The van der Waals surface area contributed by atoms with E-state index in [0.717, 1.165) is 31.6 Å². The highest BCUT2D eigenvalue weighted by Gasteiger charge is 2.26. The number of nitrogens with two attached hydrogens (primary N) is 1. The first-order valence-corrected chi connectivity index (χ1v) is 7.10. The van der Waals surface area contributed by atoms with Crippen molar-refractivity contribution in [2.45, 2.75) is 45.1 Å². The lowest BCUT2D eigenvalue weighted by atomic mass is 9.94. The Kier molecular flexibility index (Phi) is 4.58. The fraction of sp³-hybridized carbons (Fsp3) is 0.714. The second kappa shape index (κ2) is 6.19. The summed E-state index contributed by atoms with van der Waals surface area (Å²) >= 11 is 0. The van der Waals surface area contributed by atoms with Crippen LogP contribution in [0.25, 0.3) is 0 Å². The maximum Gasteiger partial charge on any atom is 0.224 e. The van der Waals surface area contributed by atoms with Crippen molar-refractivity contribution < 1.29 is 4.79 Å². The van der Waals surface area contributed by atoms with Crippen LogP contribution < -0.4 is 5.73 Å². The number of nitrogens with zero attached hydrogens (tertiary/aromatic N) is 2. The van der Waals surface area contributed by atoms with Gasteiger partial charge in [-0.3, -0.25) is 9.89 Å². The minimum atomic E-state index is -0.0416. The molecule has 0 radical (unpaired) electrons. The van der Waals surface area contributed by atoms with Crippen LogP contribution in [0, 0.1) is 5.92 Å². The van der Waals surface area contributed by atoms with Crippen LogP contribution in [0.1, 0.15) is 44.7 Å². The summed E-state index contributed by atoms with van der Waals surface area (Å²) in [4.78, 5) is 14.2. The fourth-order valence-corrected chi connectivity index (χ4v) is 2.52. The van der Waals surface area contributed by atoms with Gasteiger partial charge < -0.3 is 10.6 Å². The van der Waals surface area contributed by atoms with Gasteiger partial charge in [-0.2, -0.15) is 5.10 Å². The number of H-pyrrole nitrogens is 1. The topological polar surface area (TPSA) is 75.0 Å². The zero-order valence-corrected chi connectivity index (χ0v) is 11.8. The molecule has 106 valence electrons. The van der Waals surface area contributed by atoms with Crippen LogP contribution in [-0.2, 0) is 4.79 Å². The van der Waals surface area contributed by atoms with Gasteiger partial charge in [0.1, 0.15) is 0 Å². The van der Waals surface area contributed by atoms with E-state index in [1.807, 2.05) is 11.0 Å². The summed E-state index contributed by atoms with van der Waals surface area (Å²) in [5.74, 6) is 0.915. The third-order valence-electron chi connectivity index (χ3n) is 4.00. The number of piperidine rings is 1. The first-order chi connectivity index (χ1) is 9.08. The first kappa shape index (κ1) is 14.1. The van der Waals surface area contributed by atoms with Gasteiger partial charge in [-0.15, -0.1) is 0 Å². The molecule has 2 unspecified atom stereocenters. The van der Waals surface area contributed by atoms with E-state index in [1.165, 1.54) is 0 Å². The summed E-state index contributed by atoms with van der Waals surface area (Å²) in [6, 6.07) is 1.96. The van der Waals surface area contributed by atoms with E-state index in [0.29, 0.717) is 18.3 Å². The summed E-state index contributed by atoms with van der Waals surface area (Å²) in [6.07, 6.45) is 4.38. The molecule has 1 amide bonds. The highest BCUT2D eigenvalue weighted by atomic mass is 16.2. The Morgan fingerprint density at radius 1 is 1.63 bits per heavy atom. The van der Waals surface area contributed by atoms with Crippen molar-refractivity contribution in [3.63, 3.8) is 0 Å². The molecule has 0 aliphatic carbocycles. The molecule has 1 aliphatic rings. The van der Waals surface area contributed by atoms with Crippen LogP contribution in [0.2, 0.25) is 0 Å². The number of likely N-dealkylation sites (tertiary alicyclic amines) is 1. The van der Waals surface area contributed by atoms with E-state index in [4.69, 9.17) is 5.73 Å². The molecule has 5 heteroatoms. The number of hydrogen-bond acceptors (Lipinski definition) is 3. The largest absolute Gasteiger partial charge is 0.342 e. The average molecular weight is 264 g/mol. The number of carbonyl (C=O) groups is 1. The summed E-state index contributed by atoms with van der Waals surface area (Å²) in [5.41, 5.74) is 7.12. The number of hydrogen-bond donors (Lipinski definition) is 2. The summed E-state index contributed by atoms with van der Waals surface area (Å²) in [7, 11) is 0. The van der Waals surface area contributed by atoms with Gasteiger partial charge in [-0.25, -0.2) is 0 Å². The molecule has 3 N–H and O–H groups in total. The van der Waals surface area contributed by atoms with Crippen LogP contribution in [0.15, 0.2) is 12.3 Å². The van der Waals surface area contributed by atoms with E-state index in [2.05, 4.69) is 24.0 Å². The Bertz CT molecular complexity index is 402. The van der Waals surface area contributed by atoms with Gasteiger partial charge in [0, 0.05) is 43.4 Å². The van der Waals surface area contributed by atoms with Gasteiger partial charge in [0.05, 0.1) is 0 Å². The molecule has 1 aliphatic heterocycles. The number of carbonyl (C=O) groups excluding carboxylic acids is 1. The van der Waals surface area contributed by atoms with E-state index in [9.17, 15) is 4.79 Å². The molecular formula is C14H24N4O. The molecule has 0 saturated carbocycles. The molecule has 5 nitrogen and oxygen atoms in total. The van der Waals surface area contributed by atoms with Gasteiger partial charge >= 0.3 is 0 Å². The van der Waals surface area contributed by atoms with Crippen LogP contribution in [-0.4, -0.2) is 40.1 Å². The SMILES string of the molecule is CC(C)C(N)CC(=O)N1CCCC(c2ccn[nH]2)C1. The Morgan fingerprint density at radius 2 is 2.42 bits per heavy atom. The Balaban J connectivity index is 1.92. The van der Waals surface area contributed by atoms with E-state index < -0.39 is 0 Å². The maximum absolute atomic E-state index is 12.2. The lowest BCUT2D eigenvalue weighted by molar-refractivity contribution is -0.133. The van der Waals surface area contributed by atoms with Crippen LogP contribution in [0.4, 0.5) is 0 Å². The molecular weight excluding hydrogens is 240 g/mol. The summed E-state index contributed by atoms with van der Waals surface area (Å²) < 4.78 is 0. The van der Waals surface area contributed by atoms with Gasteiger partial charge in [-0.1, -0.05) is 13.8 Å². The molecule has 19 heavy (non-hydrogen) atoms. The standard InChI is InChI=1S/C14H24N4O/c1-10(2)12(15)8-14(19)18-7-3-4-11(9-18)13-5-6-16-17-13/h5-6,10-12H,3-4,7-9,15H2,1-2H3,(H,16,17). The second-order valence-electron chi connectivity index (χ2n) is 5.80. The molecule has 2 atom stereocenters. The van der Waals surface area contributed by atoms with Gasteiger partial charge in [0.15, 0.2) is 0 Å². The zero-order valence-electron chi connectivity index (χ0n) is 11.8. The van der Waals surface area contributed by atoms with Crippen LogP contribution in [0.5, 0.6) is 0 Å². The van der Waals surface area contributed by atoms with Gasteiger partial charge in [-0.05, 0) is 24.8 Å².